The molecule has 2 rings (SSSR count). The first kappa shape index (κ1) is 15.1. The van der Waals surface area contributed by atoms with Crippen LogP contribution in [-0.2, 0) is 17.1 Å². The Balaban J connectivity index is 2.46. The average Bonchev–Trinajstić information content (AvgIpc) is 2.85. The van der Waals surface area contributed by atoms with E-state index >= 15 is 0 Å². The fraction of sp³-hybridized carbons (Fsp3) is 0.0909. The summed E-state index contributed by atoms with van der Waals surface area (Å²) in [6.45, 7) is 0. The molecule has 10 heteroatoms. The molecule has 0 saturated heterocycles. The molecule has 0 aliphatic carbocycles. The van der Waals surface area contributed by atoms with Crippen molar-refractivity contribution in [1.29, 1.82) is 0 Å². The van der Waals surface area contributed by atoms with E-state index in [2.05, 4.69) is 15.0 Å². The predicted octanol–water partition coefficient (Wildman–Crippen LogP) is 0.969. The fourth-order valence-corrected chi connectivity index (χ4v) is 2.84. The number of aromatic nitrogens is 2. The second kappa shape index (κ2) is 5.62. The molecule has 0 atom stereocenters. The van der Waals surface area contributed by atoms with Crippen LogP contribution in [0.4, 0.5) is 5.69 Å². The summed E-state index contributed by atoms with van der Waals surface area (Å²) in [7, 11) is -2.26. The topological polar surface area (TPSA) is 123 Å². The number of halogens is 1. The Kier molecular flexibility index (Phi) is 4.05. The molecule has 0 amide bonds. The maximum absolute atomic E-state index is 12.2. The minimum absolute atomic E-state index is 0.0181. The summed E-state index contributed by atoms with van der Waals surface area (Å²) in [5.41, 5.74) is 5.81. The van der Waals surface area contributed by atoms with E-state index in [1.807, 2.05) is 0 Å². The van der Waals surface area contributed by atoms with Crippen molar-refractivity contribution in [1.82, 2.24) is 9.78 Å². The summed E-state index contributed by atoms with van der Waals surface area (Å²) in [6.07, 6.45) is 2.55. The van der Waals surface area contributed by atoms with Crippen LogP contribution in [0.25, 0.3) is 0 Å². The molecular formula is C11H12ClN5O3S. The molecule has 0 spiro atoms. The van der Waals surface area contributed by atoms with Gasteiger partial charge in [0.1, 0.15) is 4.90 Å². The van der Waals surface area contributed by atoms with Gasteiger partial charge in [-0.25, -0.2) is 8.42 Å². The third kappa shape index (κ3) is 3.26. The molecule has 1 aromatic carbocycles. The van der Waals surface area contributed by atoms with Crippen molar-refractivity contribution in [3.63, 3.8) is 0 Å². The molecule has 0 unspecified atom stereocenters. The number of hydrogen-bond donors (Lipinski definition) is 3. The number of rotatable bonds is 4. The Labute approximate surface area is 125 Å². The smallest absolute Gasteiger partial charge is 0.265 e. The van der Waals surface area contributed by atoms with Crippen molar-refractivity contribution in [2.24, 2.45) is 17.9 Å². The van der Waals surface area contributed by atoms with E-state index < -0.39 is 10.0 Å². The van der Waals surface area contributed by atoms with E-state index in [0.717, 1.165) is 0 Å². The highest BCUT2D eigenvalue weighted by Crippen LogP contribution is 2.24. The van der Waals surface area contributed by atoms with E-state index in [4.69, 9.17) is 22.5 Å². The second-order valence-electron chi connectivity index (χ2n) is 4.13. The van der Waals surface area contributed by atoms with Gasteiger partial charge in [-0.15, -0.1) is 0 Å². The van der Waals surface area contributed by atoms with Gasteiger partial charge in [0.2, 0.25) is 0 Å². The van der Waals surface area contributed by atoms with Crippen molar-refractivity contribution in [2.75, 3.05) is 4.72 Å². The number of anilines is 1. The zero-order valence-corrected chi connectivity index (χ0v) is 12.4. The van der Waals surface area contributed by atoms with Crippen molar-refractivity contribution >= 4 is 33.1 Å². The van der Waals surface area contributed by atoms with Gasteiger partial charge in [-0.05, 0) is 18.2 Å². The van der Waals surface area contributed by atoms with Crippen LogP contribution in [0.15, 0.2) is 40.6 Å². The predicted molar refractivity (Wildman–Crippen MR) is 78.0 cm³/mol. The lowest BCUT2D eigenvalue weighted by Crippen LogP contribution is -2.19. The standard InChI is InChI=1S/C11H12ClN5O3S/c1-17-6-8(5-14-17)21(19,20)16-10-4-7(12)2-3-9(10)11(13)15-18/h2-6,16,18H,1H3,(H2,13,15). The van der Waals surface area contributed by atoms with Gasteiger partial charge in [-0.3, -0.25) is 9.40 Å². The SMILES string of the molecule is Cn1cc(S(=O)(=O)Nc2cc(Cl)ccc2C(N)=NO)cn1. The number of nitrogens with two attached hydrogens (primary N) is 1. The molecule has 0 aliphatic rings. The molecule has 0 bridgehead atoms. The average molecular weight is 330 g/mol. The van der Waals surface area contributed by atoms with Gasteiger partial charge in [0.05, 0.1) is 11.9 Å². The Morgan fingerprint density at radius 1 is 1.52 bits per heavy atom. The summed E-state index contributed by atoms with van der Waals surface area (Å²) in [5.74, 6) is -0.240. The van der Waals surface area contributed by atoms with E-state index in [9.17, 15) is 8.42 Å². The molecule has 1 heterocycles. The lowest BCUT2D eigenvalue weighted by atomic mass is 10.1. The lowest BCUT2D eigenvalue weighted by Gasteiger charge is -2.11. The molecular weight excluding hydrogens is 318 g/mol. The van der Waals surface area contributed by atoms with Crippen LogP contribution in [-0.4, -0.2) is 29.2 Å². The monoisotopic (exact) mass is 329 g/mol. The third-order valence-corrected chi connectivity index (χ3v) is 4.16. The number of amidine groups is 1. The van der Waals surface area contributed by atoms with Gasteiger partial charge in [0.15, 0.2) is 5.84 Å². The Morgan fingerprint density at radius 3 is 2.81 bits per heavy atom. The maximum Gasteiger partial charge on any atom is 0.265 e. The van der Waals surface area contributed by atoms with Crippen LogP contribution in [0.1, 0.15) is 5.56 Å². The molecule has 1 aromatic heterocycles. The fourth-order valence-electron chi connectivity index (χ4n) is 1.62. The minimum atomic E-state index is -3.86. The van der Waals surface area contributed by atoms with Gasteiger partial charge in [0, 0.05) is 23.8 Å². The second-order valence-corrected chi connectivity index (χ2v) is 6.25. The van der Waals surface area contributed by atoms with Gasteiger partial charge < -0.3 is 10.9 Å². The number of nitrogens with zero attached hydrogens (tertiary/aromatic N) is 3. The number of benzene rings is 1. The first-order valence-corrected chi connectivity index (χ1v) is 7.48. The molecule has 21 heavy (non-hydrogen) atoms. The van der Waals surface area contributed by atoms with Crippen molar-refractivity contribution < 1.29 is 13.6 Å². The summed E-state index contributed by atoms with van der Waals surface area (Å²) < 4.78 is 28.2. The summed E-state index contributed by atoms with van der Waals surface area (Å²) in [5, 5.41) is 15.7. The van der Waals surface area contributed by atoms with E-state index in [1.165, 1.54) is 35.3 Å². The molecule has 2 aromatic rings. The van der Waals surface area contributed by atoms with E-state index in [0.29, 0.717) is 5.02 Å². The third-order valence-electron chi connectivity index (χ3n) is 2.60. The number of sulfonamides is 1. The van der Waals surface area contributed by atoms with Gasteiger partial charge in [-0.2, -0.15) is 5.10 Å². The first-order valence-electron chi connectivity index (χ1n) is 5.62. The molecule has 4 N–H and O–H groups in total. The Morgan fingerprint density at radius 2 is 2.24 bits per heavy atom. The van der Waals surface area contributed by atoms with Crippen LogP contribution in [0.3, 0.4) is 0 Å². The number of oxime groups is 1. The first-order chi connectivity index (χ1) is 9.83. The molecule has 112 valence electrons. The van der Waals surface area contributed by atoms with Crippen molar-refractivity contribution in [2.45, 2.75) is 4.90 Å². The number of hydrogen-bond acceptors (Lipinski definition) is 5. The van der Waals surface area contributed by atoms with E-state index in [1.54, 1.807) is 7.05 Å². The summed E-state index contributed by atoms with van der Waals surface area (Å²) >= 11 is 5.85. The normalized spacial score (nSPS) is 12.4. The zero-order chi connectivity index (χ0) is 15.6. The molecule has 0 fully saturated rings. The van der Waals surface area contributed by atoms with Crippen LogP contribution in [0, 0.1) is 0 Å². The van der Waals surface area contributed by atoms with Crippen molar-refractivity contribution in [3.05, 3.63) is 41.2 Å². The quantitative estimate of drug-likeness (QED) is 0.334. The minimum Gasteiger partial charge on any atom is -0.409 e. The lowest BCUT2D eigenvalue weighted by molar-refractivity contribution is 0.318. The Bertz CT molecular complexity index is 800. The summed E-state index contributed by atoms with van der Waals surface area (Å²) in [4.78, 5) is -0.0181. The molecule has 8 nitrogen and oxygen atoms in total. The Hall–Kier alpha value is -2.26. The zero-order valence-electron chi connectivity index (χ0n) is 10.9. The van der Waals surface area contributed by atoms with Crippen LogP contribution in [0.5, 0.6) is 0 Å². The van der Waals surface area contributed by atoms with Gasteiger partial charge >= 0.3 is 0 Å². The number of aryl methyl sites for hydroxylation is 1. The largest absolute Gasteiger partial charge is 0.409 e. The highest BCUT2D eigenvalue weighted by Gasteiger charge is 2.19. The molecule has 0 aliphatic heterocycles. The van der Waals surface area contributed by atoms with Gasteiger partial charge in [-0.1, -0.05) is 16.8 Å². The van der Waals surface area contributed by atoms with Gasteiger partial charge in [0.25, 0.3) is 10.0 Å². The maximum atomic E-state index is 12.2. The van der Waals surface area contributed by atoms with Crippen LogP contribution in [0.2, 0.25) is 5.02 Å². The molecule has 0 radical (unpaired) electrons. The van der Waals surface area contributed by atoms with Crippen molar-refractivity contribution in [3.8, 4) is 0 Å². The number of nitrogens with one attached hydrogen (secondary N) is 1. The van der Waals surface area contributed by atoms with E-state index in [-0.39, 0.29) is 22.0 Å². The summed E-state index contributed by atoms with van der Waals surface area (Å²) in [6, 6.07) is 4.30. The highest BCUT2D eigenvalue weighted by molar-refractivity contribution is 7.92. The molecule has 0 saturated carbocycles. The highest BCUT2D eigenvalue weighted by atomic mass is 35.5. The van der Waals surface area contributed by atoms with Crippen LogP contribution >= 0.6 is 11.6 Å². The van der Waals surface area contributed by atoms with Crippen LogP contribution < -0.4 is 10.5 Å².